The van der Waals surface area contributed by atoms with E-state index in [2.05, 4.69) is 17.2 Å². The van der Waals surface area contributed by atoms with Gasteiger partial charge in [0.1, 0.15) is 6.04 Å². The van der Waals surface area contributed by atoms with Crippen molar-refractivity contribution in [2.24, 2.45) is 0 Å². The summed E-state index contributed by atoms with van der Waals surface area (Å²) in [6.07, 6.45) is 4.78. The average Bonchev–Trinajstić information content (AvgIpc) is 3.19. The van der Waals surface area contributed by atoms with Crippen LogP contribution in [0.4, 0.5) is 5.95 Å². The number of esters is 1. The summed E-state index contributed by atoms with van der Waals surface area (Å²) < 4.78 is 18.0. The number of hydrogen-bond donors (Lipinski definition) is 1. The van der Waals surface area contributed by atoms with Crippen LogP contribution in [-0.4, -0.2) is 47.3 Å². The first-order valence-corrected chi connectivity index (χ1v) is 12.0. The molecule has 8 nitrogen and oxygen atoms in total. The number of allylic oxidation sites excluding steroid dienone is 1. The summed E-state index contributed by atoms with van der Waals surface area (Å²) in [4.78, 5) is 17.6. The second-order valence-electron chi connectivity index (χ2n) is 7.47. The fourth-order valence-corrected chi connectivity index (χ4v) is 4.52. The summed E-state index contributed by atoms with van der Waals surface area (Å²) >= 11 is 1.63. The molecule has 9 heteroatoms. The largest absolute Gasteiger partial charge is 0.493 e. The second kappa shape index (κ2) is 11.3. The molecule has 1 N–H and O–H groups in total. The predicted molar refractivity (Wildman–Crippen MR) is 126 cm³/mol. The van der Waals surface area contributed by atoms with Crippen molar-refractivity contribution in [3.05, 3.63) is 35.0 Å². The van der Waals surface area contributed by atoms with Crippen LogP contribution in [0.2, 0.25) is 0 Å². The molecule has 0 aliphatic carbocycles. The van der Waals surface area contributed by atoms with Gasteiger partial charge >= 0.3 is 5.97 Å². The minimum Gasteiger partial charge on any atom is -0.493 e. The smallest absolute Gasteiger partial charge is 0.338 e. The lowest BCUT2D eigenvalue weighted by Crippen LogP contribution is -2.29. The van der Waals surface area contributed by atoms with Gasteiger partial charge in [-0.15, -0.1) is 5.10 Å². The molecule has 1 aliphatic rings. The van der Waals surface area contributed by atoms with E-state index in [1.165, 1.54) is 19.3 Å². The van der Waals surface area contributed by atoms with Crippen LogP contribution in [0.1, 0.15) is 58.1 Å². The molecular weight excluding hydrogens is 428 g/mol. The van der Waals surface area contributed by atoms with Crippen LogP contribution in [0.25, 0.3) is 0 Å². The molecule has 2 heterocycles. The highest BCUT2D eigenvalue weighted by Gasteiger charge is 2.35. The van der Waals surface area contributed by atoms with Crippen molar-refractivity contribution in [3.63, 3.8) is 0 Å². The Kier molecular flexibility index (Phi) is 8.44. The highest BCUT2D eigenvalue weighted by atomic mass is 32.2. The Labute approximate surface area is 193 Å². The van der Waals surface area contributed by atoms with Crippen LogP contribution in [0.3, 0.4) is 0 Å². The zero-order valence-electron chi connectivity index (χ0n) is 19.4. The van der Waals surface area contributed by atoms with Crippen molar-refractivity contribution in [1.29, 1.82) is 0 Å². The first-order valence-electron chi connectivity index (χ1n) is 11.0. The number of benzene rings is 1. The number of fused-ring (bicyclic) bond motifs is 1. The number of unbranched alkanes of at least 4 members (excludes halogenated alkanes) is 3. The molecule has 0 saturated carbocycles. The summed E-state index contributed by atoms with van der Waals surface area (Å²) in [6, 6.07) is 5.11. The van der Waals surface area contributed by atoms with Crippen molar-refractivity contribution in [2.75, 3.05) is 31.9 Å². The van der Waals surface area contributed by atoms with Gasteiger partial charge in [-0.25, -0.2) is 9.48 Å². The Morgan fingerprint density at radius 2 is 1.94 bits per heavy atom. The first-order chi connectivity index (χ1) is 15.5. The molecule has 0 saturated heterocycles. The van der Waals surface area contributed by atoms with E-state index >= 15 is 0 Å². The molecule has 1 atom stereocenters. The molecule has 0 spiro atoms. The van der Waals surface area contributed by atoms with Gasteiger partial charge in [0.05, 0.1) is 26.4 Å². The zero-order valence-corrected chi connectivity index (χ0v) is 20.3. The van der Waals surface area contributed by atoms with Gasteiger partial charge < -0.3 is 19.5 Å². The number of nitrogens with one attached hydrogen (secondary N) is 1. The van der Waals surface area contributed by atoms with Crippen LogP contribution in [-0.2, 0) is 9.53 Å². The molecule has 32 heavy (non-hydrogen) atoms. The van der Waals surface area contributed by atoms with Crippen molar-refractivity contribution >= 4 is 23.7 Å². The maximum atomic E-state index is 12.9. The van der Waals surface area contributed by atoms with Gasteiger partial charge in [0, 0.05) is 11.4 Å². The molecule has 1 aromatic carbocycles. The number of anilines is 1. The summed E-state index contributed by atoms with van der Waals surface area (Å²) in [5, 5.41) is 8.66. The van der Waals surface area contributed by atoms with Gasteiger partial charge in [0.2, 0.25) is 11.1 Å². The molecule has 0 bridgehead atoms. The third-order valence-corrected chi connectivity index (χ3v) is 6.20. The van der Waals surface area contributed by atoms with Crippen LogP contribution in [0.5, 0.6) is 11.5 Å². The topological polar surface area (TPSA) is 87.5 Å². The fraction of sp³-hybridized carbons (Fsp3) is 0.522. The summed E-state index contributed by atoms with van der Waals surface area (Å²) in [6.45, 7) is 6.14. The molecule has 1 aliphatic heterocycles. The van der Waals surface area contributed by atoms with E-state index in [0.29, 0.717) is 33.9 Å². The summed E-state index contributed by atoms with van der Waals surface area (Å²) in [5.41, 5.74) is 2.02. The van der Waals surface area contributed by atoms with E-state index in [0.717, 1.165) is 17.7 Å². The van der Waals surface area contributed by atoms with E-state index in [1.54, 1.807) is 37.6 Å². The van der Waals surface area contributed by atoms with Crippen molar-refractivity contribution < 1.29 is 19.0 Å². The van der Waals surface area contributed by atoms with Gasteiger partial charge in [-0.3, -0.25) is 0 Å². The number of methoxy groups -OCH3 is 2. The van der Waals surface area contributed by atoms with Gasteiger partial charge in [-0.2, -0.15) is 4.98 Å². The Balaban J connectivity index is 1.98. The highest BCUT2D eigenvalue weighted by Crippen LogP contribution is 2.39. The number of nitrogens with zero attached hydrogens (tertiary/aromatic N) is 3. The second-order valence-corrected chi connectivity index (χ2v) is 8.53. The standard InChI is InChI=1S/C23H32N4O4S/c1-6-8-9-10-13-32-23-25-22-24-15(3)19(21(28)31-7-2)20(27(22)26-23)16-11-12-17(29-4)18(14-16)30-5/h11-12,14,20H,6-10,13H2,1-5H3,(H,24,25,26)/t20-/m0/s1. The minimum absolute atomic E-state index is 0.289. The Hall–Kier alpha value is -2.68. The molecule has 3 rings (SSSR count). The number of thioether (sulfide) groups is 1. The van der Waals surface area contributed by atoms with Crippen molar-refractivity contribution in [1.82, 2.24) is 14.8 Å². The SMILES string of the molecule is CCCCCCSc1nc2n(n1)[C@@H](c1ccc(OC)c(OC)c1)C(C(=O)OCC)=C(C)N2. The van der Waals surface area contributed by atoms with E-state index in [-0.39, 0.29) is 12.6 Å². The summed E-state index contributed by atoms with van der Waals surface area (Å²) in [5.74, 6) is 2.38. The molecule has 2 aromatic rings. The maximum Gasteiger partial charge on any atom is 0.338 e. The molecule has 174 valence electrons. The van der Waals surface area contributed by atoms with Gasteiger partial charge in [-0.05, 0) is 38.0 Å². The number of carbonyl (C=O) groups excluding carboxylic acids is 1. The van der Waals surface area contributed by atoms with Crippen molar-refractivity contribution in [2.45, 2.75) is 57.7 Å². The Morgan fingerprint density at radius 3 is 2.62 bits per heavy atom. The number of rotatable bonds is 11. The first kappa shape index (κ1) is 24.0. The quantitative estimate of drug-likeness (QED) is 0.290. The van der Waals surface area contributed by atoms with Crippen LogP contribution in [0.15, 0.2) is 34.6 Å². The molecular formula is C23H32N4O4S. The van der Waals surface area contributed by atoms with Crippen LogP contribution in [0, 0.1) is 0 Å². The average molecular weight is 461 g/mol. The van der Waals surface area contributed by atoms with Crippen LogP contribution >= 0.6 is 11.8 Å². The fourth-order valence-electron chi connectivity index (χ4n) is 3.69. The molecule has 0 radical (unpaired) electrons. The van der Waals surface area contributed by atoms with Gasteiger partial charge in [-0.1, -0.05) is 44.0 Å². The van der Waals surface area contributed by atoms with Crippen molar-refractivity contribution in [3.8, 4) is 11.5 Å². The normalized spacial score (nSPS) is 15.2. The molecule has 0 unspecified atom stereocenters. The van der Waals surface area contributed by atoms with E-state index in [9.17, 15) is 4.79 Å². The van der Waals surface area contributed by atoms with E-state index in [1.807, 2.05) is 25.1 Å². The predicted octanol–water partition coefficient (Wildman–Crippen LogP) is 4.82. The zero-order chi connectivity index (χ0) is 23.1. The van der Waals surface area contributed by atoms with Crippen LogP contribution < -0.4 is 14.8 Å². The Bertz CT molecular complexity index is 973. The number of carbonyl (C=O) groups is 1. The number of ether oxygens (including phenoxy) is 3. The third kappa shape index (κ3) is 5.20. The van der Waals surface area contributed by atoms with Gasteiger partial charge in [0.25, 0.3) is 0 Å². The molecule has 0 amide bonds. The lowest BCUT2D eigenvalue weighted by atomic mass is 9.95. The monoisotopic (exact) mass is 460 g/mol. The van der Waals surface area contributed by atoms with Gasteiger partial charge in [0.15, 0.2) is 11.5 Å². The highest BCUT2D eigenvalue weighted by molar-refractivity contribution is 7.99. The lowest BCUT2D eigenvalue weighted by Gasteiger charge is -2.28. The minimum atomic E-state index is -0.493. The Morgan fingerprint density at radius 1 is 1.16 bits per heavy atom. The third-order valence-electron chi connectivity index (χ3n) is 5.28. The molecule has 0 fully saturated rings. The number of hydrogen-bond acceptors (Lipinski definition) is 8. The van der Waals surface area contributed by atoms with E-state index < -0.39 is 6.04 Å². The summed E-state index contributed by atoms with van der Waals surface area (Å²) in [7, 11) is 3.18. The maximum absolute atomic E-state index is 12.9. The molecule has 1 aromatic heterocycles. The number of aromatic nitrogens is 3. The van der Waals surface area contributed by atoms with E-state index in [4.69, 9.17) is 19.3 Å². The lowest BCUT2D eigenvalue weighted by molar-refractivity contribution is -0.139.